The molecule has 1 amide bonds. The number of carbonyl (C=O) groups is 1. The topological polar surface area (TPSA) is 80.9 Å². The molecule has 2 aliphatic carbocycles. The van der Waals surface area contributed by atoms with E-state index in [2.05, 4.69) is 15.3 Å². The number of hydrogen-bond acceptors (Lipinski definition) is 4. The van der Waals surface area contributed by atoms with Gasteiger partial charge in [-0.05, 0) is 32.3 Å². The number of alkyl halides is 3. The van der Waals surface area contributed by atoms with E-state index in [9.17, 15) is 18.0 Å². The molecule has 1 aromatic heterocycles. The average molecular weight is 314 g/mol. The Morgan fingerprint density at radius 1 is 1.41 bits per heavy atom. The molecule has 5 nitrogen and oxygen atoms in total. The SMILES string of the molecule is Cc1cc(C(F)(F)F)nc(C(=O)NC2CC(N)C23CCC3)n1. The fourth-order valence-electron chi connectivity index (χ4n) is 3.37. The molecule has 120 valence electrons. The first-order valence-electron chi connectivity index (χ1n) is 7.22. The van der Waals surface area contributed by atoms with Crippen LogP contribution in [0.15, 0.2) is 6.07 Å². The summed E-state index contributed by atoms with van der Waals surface area (Å²) in [6, 6.07) is 0.779. The van der Waals surface area contributed by atoms with Gasteiger partial charge in [-0.1, -0.05) is 6.42 Å². The van der Waals surface area contributed by atoms with E-state index in [0.29, 0.717) is 6.42 Å². The maximum atomic E-state index is 12.8. The van der Waals surface area contributed by atoms with Gasteiger partial charge in [-0.25, -0.2) is 9.97 Å². The van der Waals surface area contributed by atoms with Gasteiger partial charge in [0.05, 0.1) is 0 Å². The van der Waals surface area contributed by atoms with Gasteiger partial charge >= 0.3 is 6.18 Å². The van der Waals surface area contributed by atoms with Crippen molar-refractivity contribution in [2.75, 3.05) is 0 Å². The molecule has 8 heteroatoms. The van der Waals surface area contributed by atoms with E-state index in [1.54, 1.807) is 0 Å². The molecule has 2 saturated carbocycles. The highest BCUT2D eigenvalue weighted by Gasteiger charge is 2.57. The lowest BCUT2D eigenvalue weighted by Crippen LogP contribution is -2.69. The molecule has 1 spiro atoms. The minimum atomic E-state index is -4.60. The fourth-order valence-corrected chi connectivity index (χ4v) is 3.37. The van der Waals surface area contributed by atoms with Crippen LogP contribution in [0.5, 0.6) is 0 Å². The lowest BCUT2D eigenvalue weighted by Gasteiger charge is -2.60. The summed E-state index contributed by atoms with van der Waals surface area (Å²) < 4.78 is 38.3. The van der Waals surface area contributed by atoms with Gasteiger partial charge in [0.15, 0.2) is 0 Å². The molecule has 3 N–H and O–H groups in total. The van der Waals surface area contributed by atoms with Crippen LogP contribution in [0.25, 0.3) is 0 Å². The van der Waals surface area contributed by atoms with E-state index in [1.807, 2.05) is 0 Å². The molecule has 2 unspecified atom stereocenters. The second-order valence-corrected chi connectivity index (χ2v) is 6.17. The first kappa shape index (κ1) is 15.2. The van der Waals surface area contributed by atoms with Gasteiger partial charge in [0.25, 0.3) is 5.91 Å². The van der Waals surface area contributed by atoms with Gasteiger partial charge in [0.2, 0.25) is 5.82 Å². The molecule has 0 radical (unpaired) electrons. The van der Waals surface area contributed by atoms with Crippen LogP contribution in [0.3, 0.4) is 0 Å². The third-order valence-corrected chi connectivity index (χ3v) is 4.86. The summed E-state index contributed by atoms with van der Waals surface area (Å²) in [6.45, 7) is 1.40. The Kier molecular flexibility index (Phi) is 3.39. The van der Waals surface area contributed by atoms with Gasteiger partial charge in [-0.3, -0.25) is 4.79 Å². The highest BCUT2D eigenvalue weighted by atomic mass is 19.4. The van der Waals surface area contributed by atoms with Crippen molar-refractivity contribution >= 4 is 5.91 Å². The Hall–Kier alpha value is -1.70. The molecular weight excluding hydrogens is 297 g/mol. The lowest BCUT2D eigenvalue weighted by molar-refractivity contribution is -0.141. The van der Waals surface area contributed by atoms with Crippen molar-refractivity contribution in [3.8, 4) is 0 Å². The first-order chi connectivity index (χ1) is 10.2. The molecule has 22 heavy (non-hydrogen) atoms. The smallest absolute Gasteiger partial charge is 0.346 e. The largest absolute Gasteiger partial charge is 0.433 e. The number of halogens is 3. The van der Waals surface area contributed by atoms with Crippen molar-refractivity contribution in [3.63, 3.8) is 0 Å². The Balaban J connectivity index is 1.77. The van der Waals surface area contributed by atoms with Gasteiger partial charge < -0.3 is 11.1 Å². The second-order valence-electron chi connectivity index (χ2n) is 6.17. The predicted molar refractivity (Wildman–Crippen MR) is 71.9 cm³/mol. The zero-order valence-corrected chi connectivity index (χ0v) is 12.1. The van der Waals surface area contributed by atoms with E-state index in [1.165, 1.54) is 6.92 Å². The van der Waals surface area contributed by atoms with E-state index in [0.717, 1.165) is 25.3 Å². The van der Waals surface area contributed by atoms with Gasteiger partial charge in [-0.2, -0.15) is 13.2 Å². The van der Waals surface area contributed by atoms with E-state index >= 15 is 0 Å². The average Bonchev–Trinajstić information content (AvgIpc) is 2.34. The van der Waals surface area contributed by atoms with Crippen molar-refractivity contribution in [2.24, 2.45) is 11.1 Å². The van der Waals surface area contributed by atoms with Crippen LogP contribution in [-0.2, 0) is 6.18 Å². The second kappa shape index (κ2) is 4.91. The summed E-state index contributed by atoms with van der Waals surface area (Å²) in [5.41, 5.74) is 4.93. The van der Waals surface area contributed by atoms with Crippen LogP contribution in [0.2, 0.25) is 0 Å². The van der Waals surface area contributed by atoms with Crippen molar-refractivity contribution in [1.29, 1.82) is 0 Å². The normalized spacial score (nSPS) is 26.2. The Bertz CT molecular complexity index is 613. The van der Waals surface area contributed by atoms with Crippen molar-refractivity contribution in [3.05, 3.63) is 23.3 Å². The molecular formula is C14H17F3N4O. The van der Waals surface area contributed by atoms with E-state index in [4.69, 9.17) is 5.73 Å². The first-order valence-corrected chi connectivity index (χ1v) is 7.22. The highest BCUT2D eigenvalue weighted by molar-refractivity contribution is 5.90. The molecule has 2 atom stereocenters. The standard InChI is InChI=1S/C14H17F3N4O/c1-7-5-10(14(15,16)17)20-11(19-7)12(22)21-9-6-8(18)13(9)3-2-4-13/h5,8-9H,2-4,6,18H2,1H3,(H,21,22). The van der Waals surface area contributed by atoms with Gasteiger partial charge in [0.1, 0.15) is 5.69 Å². The van der Waals surface area contributed by atoms with Crippen LogP contribution in [-0.4, -0.2) is 28.0 Å². The number of nitrogens with two attached hydrogens (primary N) is 1. The number of hydrogen-bond donors (Lipinski definition) is 2. The molecule has 1 aromatic rings. The summed E-state index contributed by atoms with van der Waals surface area (Å²) in [7, 11) is 0. The Morgan fingerprint density at radius 2 is 2.09 bits per heavy atom. The minimum Gasteiger partial charge on any atom is -0.346 e. The fraction of sp³-hybridized carbons (Fsp3) is 0.643. The van der Waals surface area contributed by atoms with Crippen LogP contribution in [0.1, 0.15) is 47.7 Å². The molecule has 1 heterocycles. The van der Waals surface area contributed by atoms with Crippen molar-refractivity contribution < 1.29 is 18.0 Å². The van der Waals surface area contributed by atoms with Gasteiger partial charge in [0, 0.05) is 23.2 Å². The Labute approximate surface area is 125 Å². The monoisotopic (exact) mass is 314 g/mol. The highest BCUT2D eigenvalue weighted by Crippen LogP contribution is 2.55. The maximum Gasteiger partial charge on any atom is 0.433 e. The summed E-state index contributed by atoms with van der Waals surface area (Å²) in [4.78, 5) is 19.3. The molecule has 3 rings (SSSR count). The number of nitrogens with zero attached hydrogens (tertiary/aromatic N) is 2. The van der Waals surface area contributed by atoms with Crippen LogP contribution < -0.4 is 11.1 Å². The quantitative estimate of drug-likeness (QED) is 0.872. The number of amides is 1. The molecule has 0 saturated heterocycles. The summed E-state index contributed by atoms with van der Waals surface area (Å²) in [6.07, 6.45) is -0.997. The van der Waals surface area contributed by atoms with E-state index < -0.39 is 23.6 Å². The summed E-state index contributed by atoms with van der Waals surface area (Å²) in [5, 5.41) is 2.75. The lowest BCUT2D eigenvalue weighted by atomic mass is 9.50. The Morgan fingerprint density at radius 3 is 2.59 bits per heavy atom. The number of nitrogens with one attached hydrogen (secondary N) is 1. The van der Waals surface area contributed by atoms with Gasteiger partial charge in [-0.15, -0.1) is 0 Å². The van der Waals surface area contributed by atoms with Crippen LogP contribution in [0, 0.1) is 12.3 Å². The minimum absolute atomic E-state index is 0.0516. The number of aryl methyl sites for hydroxylation is 1. The molecule has 0 bridgehead atoms. The molecule has 0 aliphatic heterocycles. The van der Waals surface area contributed by atoms with Crippen LogP contribution >= 0.6 is 0 Å². The number of rotatable bonds is 2. The van der Waals surface area contributed by atoms with Crippen LogP contribution in [0.4, 0.5) is 13.2 Å². The third-order valence-electron chi connectivity index (χ3n) is 4.86. The van der Waals surface area contributed by atoms with E-state index in [-0.39, 0.29) is 23.2 Å². The summed E-state index contributed by atoms with van der Waals surface area (Å²) >= 11 is 0. The zero-order valence-electron chi connectivity index (χ0n) is 12.1. The predicted octanol–water partition coefficient (Wildman–Crippen LogP) is 1.80. The molecule has 2 fully saturated rings. The summed E-state index contributed by atoms with van der Waals surface area (Å²) in [5.74, 6) is -1.11. The number of carbonyl (C=O) groups excluding carboxylic acids is 1. The molecule has 0 aromatic carbocycles. The zero-order chi connectivity index (χ0) is 16.1. The third kappa shape index (κ3) is 2.35. The van der Waals surface area contributed by atoms with Crippen molar-refractivity contribution in [2.45, 2.75) is 50.9 Å². The number of aromatic nitrogens is 2. The van der Waals surface area contributed by atoms with Crippen molar-refractivity contribution in [1.82, 2.24) is 15.3 Å². The molecule has 2 aliphatic rings. The maximum absolute atomic E-state index is 12.8.